The molecule has 1 atom stereocenters. The van der Waals surface area contributed by atoms with Crippen LogP contribution in [0.15, 0.2) is 24.3 Å². The number of alkyl halides is 2. The molecule has 0 saturated carbocycles. The maximum Gasteiger partial charge on any atom is 0.387 e. The summed E-state index contributed by atoms with van der Waals surface area (Å²) in [7, 11) is 0. The number of rotatable bonds is 4. The van der Waals surface area contributed by atoms with E-state index in [1.165, 1.54) is 23.1 Å². The molecule has 0 radical (unpaired) electrons. The number of halogens is 2. The largest absolute Gasteiger partial charge is 0.434 e. The molecule has 7 heteroatoms. The topological polar surface area (TPSA) is 64.8 Å². The average molecular weight is 286 g/mol. The van der Waals surface area contributed by atoms with Crippen molar-refractivity contribution in [3.63, 3.8) is 0 Å². The van der Waals surface area contributed by atoms with Crippen molar-refractivity contribution in [3.8, 4) is 5.75 Å². The second-order valence-corrected chi connectivity index (χ2v) is 4.35. The summed E-state index contributed by atoms with van der Waals surface area (Å²) < 4.78 is 34.4. The van der Waals surface area contributed by atoms with Crippen LogP contribution in [0.25, 0.3) is 0 Å². The van der Waals surface area contributed by atoms with E-state index in [2.05, 4.69) is 4.74 Å². The fourth-order valence-electron chi connectivity index (χ4n) is 2.06. The fraction of sp³-hybridized carbons (Fsp3) is 0.462. The van der Waals surface area contributed by atoms with Gasteiger partial charge in [0.25, 0.3) is 5.91 Å². The zero-order valence-corrected chi connectivity index (χ0v) is 10.8. The molecule has 1 heterocycles. The number of carbonyl (C=O) groups is 1. The summed E-state index contributed by atoms with van der Waals surface area (Å²) in [5, 5.41) is 0. The highest BCUT2D eigenvalue weighted by atomic mass is 19.3. The predicted molar refractivity (Wildman–Crippen MR) is 67.8 cm³/mol. The maximum absolute atomic E-state index is 12.4. The molecular weight excluding hydrogens is 270 g/mol. The van der Waals surface area contributed by atoms with Crippen molar-refractivity contribution < 1.29 is 23.0 Å². The van der Waals surface area contributed by atoms with Gasteiger partial charge in [0.15, 0.2) is 0 Å². The van der Waals surface area contributed by atoms with Gasteiger partial charge in [-0.15, -0.1) is 0 Å². The van der Waals surface area contributed by atoms with E-state index in [0.717, 1.165) is 0 Å². The monoisotopic (exact) mass is 286 g/mol. The second kappa shape index (κ2) is 6.62. The van der Waals surface area contributed by atoms with Crippen LogP contribution in [-0.4, -0.2) is 49.8 Å². The lowest BCUT2D eigenvalue weighted by Gasteiger charge is -2.32. The Balaban J connectivity index is 2.16. The molecule has 1 aromatic rings. The van der Waals surface area contributed by atoms with Crippen LogP contribution in [0.4, 0.5) is 8.78 Å². The number of carbonyl (C=O) groups excluding carboxylic acids is 1. The summed E-state index contributed by atoms with van der Waals surface area (Å²) >= 11 is 0. The zero-order valence-electron chi connectivity index (χ0n) is 10.8. The Kier molecular flexibility index (Phi) is 4.86. The minimum atomic E-state index is -2.97. The third-order valence-electron chi connectivity index (χ3n) is 3.02. The van der Waals surface area contributed by atoms with Crippen molar-refractivity contribution in [2.24, 2.45) is 5.73 Å². The Labute approximate surface area is 115 Å². The first-order valence-corrected chi connectivity index (χ1v) is 6.26. The van der Waals surface area contributed by atoms with Crippen LogP contribution in [-0.2, 0) is 4.74 Å². The third kappa shape index (κ3) is 3.43. The van der Waals surface area contributed by atoms with Gasteiger partial charge in [0.2, 0.25) is 0 Å². The lowest BCUT2D eigenvalue weighted by molar-refractivity contribution is -0.0507. The highest BCUT2D eigenvalue weighted by Gasteiger charge is 2.26. The Morgan fingerprint density at radius 3 is 2.95 bits per heavy atom. The third-order valence-corrected chi connectivity index (χ3v) is 3.02. The van der Waals surface area contributed by atoms with Gasteiger partial charge in [0.05, 0.1) is 18.3 Å². The number of hydrogen-bond acceptors (Lipinski definition) is 4. The highest BCUT2D eigenvalue weighted by Crippen LogP contribution is 2.22. The summed E-state index contributed by atoms with van der Waals surface area (Å²) in [5.74, 6) is -0.480. The summed E-state index contributed by atoms with van der Waals surface area (Å²) in [6, 6.07) is 5.95. The molecule has 5 nitrogen and oxygen atoms in total. The molecular formula is C13H16F2N2O3. The zero-order chi connectivity index (χ0) is 14.5. The smallest absolute Gasteiger partial charge is 0.387 e. The summed E-state index contributed by atoms with van der Waals surface area (Å²) in [6.45, 7) is -1.54. The van der Waals surface area contributed by atoms with Gasteiger partial charge in [-0.25, -0.2) is 0 Å². The van der Waals surface area contributed by atoms with E-state index in [1.54, 1.807) is 6.07 Å². The first kappa shape index (κ1) is 14.7. The standard InChI is InChI=1S/C13H16F2N2O3/c14-13(15)20-11-4-2-1-3-10(11)12(18)17-5-6-19-9(7-16)8-17/h1-4,9,13H,5-8,16H2. The molecule has 0 aromatic heterocycles. The van der Waals surface area contributed by atoms with Gasteiger partial charge in [-0.05, 0) is 12.1 Å². The lowest BCUT2D eigenvalue weighted by Crippen LogP contribution is -2.48. The van der Waals surface area contributed by atoms with Gasteiger partial charge in [0.1, 0.15) is 5.75 Å². The van der Waals surface area contributed by atoms with E-state index in [9.17, 15) is 13.6 Å². The Morgan fingerprint density at radius 2 is 2.25 bits per heavy atom. The SMILES string of the molecule is NCC1CN(C(=O)c2ccccc2OC(F)F)CCO1. The molecule has 2 N–H and O–H groups in total. The molecule has 0 aliphatic carbocycles. The first-order valence-electron chi connectivity index (χ1n) is 6.26. The number of morpholine rings is 1. The number of nitrogens with two attached hydrogens (primary N) is 1. The quantitative estimate of drug-likeness (QED) is 0.900. The van der Waals surface area contributed by atoms with Crippen molar-refractivity contribution in [1.82, 2.24) is 4.90 Å². The van der Waals surface area contributed by atoms with Gasteiger partial charge in [-0.1, -0.05) is 12.1 Å². The Morgan fingerprint density at radius 1 is 1.50 bits per heavy atom. The normalized spacial score (nSPS) is 19.2. The van der Waals surface area contributed by atoms with Gasteiger partial charge in [0, 0.05) is 19.6 Å². The average Bonchev–Trinajstić information content (AvgIpc) is 2.46. The summed E-state index contributed by atoms with van der Waals surface area (Å²) in [4.78, 5) is 13.9. The summed E-state index contributed by atoms with van der Waals surface area (Å²) in [5.41, 5.74) is 5.63. The molecule has 1 aliphatic rings. The number of nitrogens with zero attached hydrogens (tertiary/aromatic N) is 1. The molecule has 1 fully saturated rings. The molecule has 0 spiro atoms. The van der Waals surface area contributed by atoms with E-state index < -0.39 is 6.61 Å². The predicted octanol–water partition coefficient (Wildman–Crippen LogP) is 1.09. The Bertz CT molecular complexity index is 471. The minimum absolute atomic E-state index is 0.116. The van der Waals surface area contributed by atoms with Crippen molar-refractivity contribution in [2.45, 2.75) is 12.7 Å². The van der Waals surface area contributed by atoms with Crippen LogP contribution in [0.2, 0.25) is 0 Å². The molecule has 0 bridgehead atoms. The van der Waals surface area contributed by atoms with Crippen molar-refractivity contribution in [3.05, 3.63) is 29.8 Å². The van der Waals surface area contributed by atoms with Crippen LogP contribution >= 0.6 is 0 Å². The molecule has 1 saturated heterocycles. The molecule has 20 heavy (non-hydrogen) atoms. The van der Waals surface area contributed by atoms with Crippen molar-refractivity contribution in [2.75, 3.05) is 26.2 Å². The minimum Gasteiger partial charge on any atom is -0.434 e. The fourth-order valence-corrected chi connectivity index (χ4v) is 2.06. The molecule has 110 valence electrons. The Hall–Kier alpha value is -1.73. The number of hydrogen-bond donors (Lipinski definition) is 1. The van der Waals surface area contributed by atoms with Crippen molar-refractivity contribution in [1.29, 1.82) is 0 Å². The molecule has 1 aliphatic heterocycles. The van der Waals surface area contributed by atoms with Crippen LogP contribution < -0.4 is 10.5 Å². The first-order chi connectivity index (χ1) is 9.61. The van der Waals surface area contributed by atoms with Crippen LogP contribution in [0, 0.1) is 0 Å². The van der Waals surface area contributed by atoms with E-state index in [-0.39, 0.29) is 23.3 Å². The van der Waals surface area contributed by atoms with E-state index in [1.807, 2.05) is 0 Å². The lowest BCUT2D eigenvalue weighted by atomic mass is 10.1. The number of para-hydroxylation sites is 1. The van der Waals surface area contributed by atoms with E-state index in [0.29, 0.717) is 26.2 Å². The van der Waals surface area contributed by atoms with Gasteiger partial charge in [-0.2, -0.15) is 8.78 Å². The number of benzene rings is 1. The maximum atomic E-state index is 12.4. The van der Waals surface area contributed by atoms with Crippen molar-refractivity contribution >= 4 is 5.91 Å². The van der Waals surface area contributed by atoms with Gasteiger partial charge < -0.3 is 20.1 Å². The second-order valence-electron chi connectivity index (χ2n) is 4.35. The highest BCUT2D eigenvalue weighted by molar-refractivity contribution is 5.97. The van der Waals surface area contributed by atoms with Crippen LogP contribution in [0.5, 0.6) is 5.75 Å². The molecule has 2 rings (SSSR count). The van der Waals surface area contributed by atoms with Crippen LogP contribution in [0.1, 0.15) is 10.4 Å². The van der Waals surface area contributed by atoms with Gasteiger partial charge in [-0.3, -0.25) is 4.79 Å². The molecule has 1 aromatic carbocycles. The summed E-state index contributed by atoms with van der Waals surface area (Å²) in [6.07, 6.45) is -0.226. The van der Waals surface area contributed by atoms with E-state index >= 15 is 0 Å². The molecule has 1 unspecified atom stereocenters. The number of amides is 1. The van der Waals surface area contributed by atoms with Crippen LogP contribution in [0.3, 0.4) is 0 Å². The van der Waals surface area contributed by atoms with Gasteiger partial charge >= 0.3 is 6.61 Å². The van der Waals surface area contributed by atoms with E-state index in [4.69, 9.17) is 10.5 Å². The number of ether oxygens (including phenoxy) is 2. The molecule has 1 amide bonds.